The van der Waals surface area contributed by atoms with E-state index in [2.05, 4.69) is 4.98 Å². The summed E-state index contributed by atoms with van der Waals surface area (Å²) in [5.74, 6) is -0.406. The molecule has 108 valence electrons. The van der Waals surface area contributed by atoms with Crippen molar-refractivity contribution in [3.05, 3.63) is 30.0 Å². The molecule has 0 aliphatic carbocycles. The molecule has 0 amide bonds. The number of hydrogen-bond acceptors (Lipinski definition) is 2. The molecule has 0 radical (unpaired) electrons. The molecule has 1 aromatic carbocycles. The number of ketones is 1. The molecule has 20 heavy (non-hydrogen) atoms. The van der Waals surface area contributed by atoms with Crippen LogP contribution < -0.4 is 4.74 Å². The monoisotopic (exact) mass is 285 g/mol. The second-order valence-electron chi connectivity index (χ2n) is 4.47. The van der Waals surface area contributed by atoms with E-state index in [-0.39, 0.29) is 5.56 Å². The van der Waals surface area contributed by atoms with Gasteiger partial charge in [-0.1, -0.05) is 6.92 Å². The largest absolute Gasteiger partial charge is 0.494 e. The number of nitrogens with one attached hydrogen (secondary N) is 1. The summed E-state index contributed by atoms with van der Waals surface area (Å²) in [4.78, 5) is 14.5. The predicted octanol–water partition coefficient (Wildman–Crippen LogP) is 4.09. The Kier molecular flexibility index (Phi) is 4.01. The number of halogens is 3. The maximum Gasteiger partial charge on any atom is 0.396 e. The molecule has 0 aliphatic rings. The van der Waals surface area contributed by atoms with Gasteiger partial charge in [0, 0.05) is 22.7 Å². The lowest BCUT2D eigenvalue weighted by molar-refractivity contribution is -0.125. The van der Waals surface area contributed by atoms with Crippen molar-refractivity contribution in [3.63, 3.8) is 0 Å². The number of ether oxygens (including phenoxy) is 1. The van der Waals surface area contributed by atoms with Crippen LogP contribution in [0.15, 0.2) is 24.4 Å². The third-order valence-corrected chi connectivity index (χ3v) is 2.79. The van der Waals surface area contributed by atoms with Gasteiger partial charge in [0.05, 0.1) is 6.61 Å². The molecule has 0 spiro atoms. The van der Waals surface area contributed by atoms with E-state index in [1.807, 2.05) is 6.92 Å². The molecule has 1 heterocycles. The van der Waals surface area contributed by atoms with Crippen LogP contribution >= 0.6 is 0 Å². The molecule has 6 heteroatoms. The van der Waals surface area contributed by atoms with Gasteiger partial charge in [-0.05, 0) is 24.6 Å². The topological polar surface area (TPSA) is 42.1 Å². The minimum absolute atomic E-state index is 0.0410. The molecule has 0 fully saturated rings. The Morgan fingerprint density at radius 2 is 2.10 bits per heavy atom. The Morgan fingerprint density at radius 3 is 2.75 bits per heavy atom. The molecule has 0 atom stereocenters. The first-order valence-electron chi connectivity index (χ1n) is 6.24. The van der Waals surface area contributed by atoms with Gasteiger partial charge in [-0.25, -0.2) is 0 Å². The van der Waals surface area contributed by atoms with Crippen LogP contribution in [-0.4, -0.2) is 23.6 Å². The first kappa shape index (κ1) is 14.4. The summed E-state index contributed by atoms with van der Waals surface area (Å²) >= 11 is 0. The van der Waals surface area contributed by atoms with Gasteiger partial charge in [-0.2, -0.15) is 13.2 Å². The van der Waals surface area contributed by atoms with Crippen molar-refractivity contribution in [3.8, 4) is 5.75 Å². The summed E-state index contributed by atoms with van der Waals surface area (Å²) in [6.07, 6.45) is -3.83. The van der Waals surface area contributed by atoms with Crippen LogP contribution in [0.3, 0.4) is 0 Å². The summed E-state index contributed by atoms with van der Waals surface area (Å²) < 4.78 is 42.3. The van der Waals surface area contributed by atoms with E-state index in [0.717, 1.165) is 6.42 Å². The standard InChI is InChI=1S/C14H14F3NO2/c1-2-5-20-9-3-4-12-10(6-9)11(8-18-12)13(19)7-14(15,16)17/h3-4,6,8,18H,2,5,7H2,1H3. The highest BCUT2D eigenvalue weighted by Gasteiger charge is 2.32. The van der Waals surface area contributed by atoms with Crippen molar-refractivity contribution in [2.75, 3.05) is 6.61 Å². The number of aromatic amines is 1. The van der Waals surface area contributed by atoms with Crippen molar-refractivity contribution in [1.29, 1.82) is 0 Å². The van der Waals surface area contributed by atoms with Gasteiger partial charge in [-0.3, -0.25) is 4.79 Å². The average Bonchev–Trinajstić information content (AvgIpc) is 2.77. The fraction of sp³-hybridized carbons (Fsp3) is 0.357. The summed E-state index contributed by atoms with van der Waals surface area (Å²) in [7, 11) is 0. The van der Waals surface area contributed by atoms with Crippen molar-refractivity contribution in [2.24, 2.45) is 0 Å². The van der Waals surface area contributed by atoms with Gasteiger partial charge in [0.1, 0.15) is 12.2 Å². The fourth-order valence-electron chi connectivity index (χ4n) is 1.92. The molecule has 1 N–H and O–H groups in total. The summed E-state index contributed by atoms with van der Waals surface area (Å²) in [6, 6.07) is 4.99. The van der Waals surface area contributed by atoms with E-state index in [9.17, 15) is 18.0 Å². The zero-order valence-electron chi connectivity index (χ0n) is 10.9. The van der Waals surface area contributed by atoms with Gasteiger partial charge < -0.3 is 9.72 Å². The Labute approximate surface area is 113 Å². The van der Waals surface area contributed by atoms with E-state index in [1.165, 1.54) is 6.20 Å². The van der Waals surface area contributed by atoms with E-state index < -0.39 is 18.4 Å². The number of aromatic nitrogens is 1. The number of carbonyl (C=O) groups excluding carboxylic acids is 1. The molecular formula is C14H14F3NO2. The number of fused-ring (bicyclic) bond motifs is 1. The normalized spacial score (nSPS) is 11.8. The number of rotatable bonds is 5. The van der Waals surface area contributed by atoms with Crippen molar-refractivity contribution in [1.82, 2.24) is 4.98 Å². The minimum atomic E-state index is -4.50. The molecule has 1 aromatic heterocycles. The number of H-pyrrole nitrogens is 1. The highest BCUT2D eigenvalue weighted by Crippen LogP contribution is 2.28. The number of benzene rings is 1. The van der Waals surface area contributed by atoms with Crippen LogP contribution in [0.1, 0.15) is 30.1 Å². The van der Waals surface area contributed by atoms with Crippen LogP contribution in [0.5, 0.6) is 5.75 Å². The quantitative estimate of drug-likeness (QED) is 0.841. The predicted molar refractivity (Wildman–Crippen MR) is 69.1 cm³/mol. The average molecular weight is 285 g/mol. The van der Waals surface area contributed by atoms with E-state index >= 15 is 0 Å². The zero-order chi connectivity index (χ0) is 14.8. The van der Waals surface area contributed by atoms with Crippen molar-refractivity contribution in [2.45, 2.75) is 25.9 Å². The van der Waals surface area contributed by atoms with Crippen LogP contribution in [0.4, 0.5) is 13.2 Å². The van der Waals surface area contributed by atoms with Crippen LogP contribution in [0.25, 0.3) is 10.9 Å². The summed E-state index contributed by atoms with van der Waals surface area (Å²) in [5, 5.41) is 0.452. The highest BCUT2D eigenvalue weighted by molar-refractivity contribution is 6.08. The van der Waals surface area contributed by atoms with Crippen LogP contribution in [0.2, 0.25) is 0 Å². The Balaban J connectivity index is 2.31. The molecule has 0 saturated carbocycles. The van der Waals surface area contributed by atoms with E-state index in [4.69, 9.17) is 4.74 Å². The Hall–Kier alpha value is -1.98. The summed E-state index contributed by atoms with van der Waals surface area (Å²) in [5.41, 5.74) is 0.652. The molecule has 0 unspecified atom stereocenters. The number of alkyl halides is 3. The summed E-state index contributed by atoms with van der Waals surface area (Å²) in [6.45, 7) is 2.47. The van der Waals surface area contributed by atoms with E-state index in [1.54, 1.807) is 18.2 Å². The van der Waals surface area contributed by atoms with Gasteiger partial charge in [0.2, 0.25) is 0 Å². The molecule has 2 rings (SSSR count). The SMILES string of the molecule is CCCOc1ccc2[nH]cc(C(=O)CC(F)(F)F)c2c1. The van der Waals surface area contributed by atoms with Crippen molar-refractivity contribution < 1.29 is 22.7 Å². The lowest BCUT2D eigenvalue weighted by Crippen LogP contribution is -2.14. The maximum absolute atomic E-state index is 12.3. The van der Waals surface area contributed by atoms with Crippen molar-refractivity contribution >= 4 is 16.7 Å². The molecule has 3 nitrogen and oxygen atoms in total. The van der Waals surface area contributed by atoms with Gasteiger partial charge in [-0.15, -0.1) is 0 Å². The minimum Gasteiger partial charge on any atom is -0.494 e. The molecule has 0 bridgehead atoms. The lowest BCUT2D eigenvalue weighted by Gasteiger charge is -2.06. The van der Waals surface area contributed by atoms with E-state index in [0.29, 0.717) is 23.3 Å². The van der Waals surface area contributed by atoms with Gasteiger partial charge in [0.15, 0.2) is 5.78 Å². The lowest BCUT2D eigenvalue weighted by atomic mass is 10.1. The molecule has 0 saturated heterocycles. The Morgan fingerprint density at radius 1 is 1.35 bits per heavy atom. The fourth-order valence-corrected chi connectivity index (χ4v) is 1.92. The molecule has 2 aromatic rings. The third-order valence-electron chi connectivity index (χ3n) is 2.79. The smallest absolute Gasteiger partial charge is 0.396 e. The molecule has 0 aliphatic heterocycles. The number of Topliss-reactive ketones (excluding diaryl/α,β-unsaturated/α-hetero) is 1. The number of hydrogen-bond donors (Lipinski definition) is 1. The first-order valence-corrected chi connectivity index (χ1v) is 6.24. The second kappa shape index (κ2) is 5.56. The number of carbonyl (C=O) groups is 1. The molecular weight excluding hydrogens is 271 g/mol. The first-order chi connectivity index (χ1) is 9.40. The zero-order valence-corrected chi connectivity index (χ0v) is 10.9. The van der Waals surface area contributed by atoms with Gasteiger partial charge in [0.25, 0.3) is 0 Å². The maximum atomic E-state index is 12.3. The van der Waals surface area contributed by atoms with Crippen LogP contribution in [0, 0.1) is 0 Å². The van der Waals surface area contributed by atoms with Crippen LogP contribution in [-0.2, 0) is 0 Å². The second-order valence-corrected chi connectivity index (χ2v) is 4.47. The third kappa shape index (κ3) is 3.31. The van der Waals surface area contributed by atoms with Gasteiger partial charge >= 0.3 is 6.18 Å². The highest BCUT2D eigenvalue weighted by atomic mass is 19.4. The Bertz CT molecular complexity index is 616.